The highest BCUT2D eigenvalue weighted by Gasteiger charge is 2.33. The quantitative estimate of drug-likeness (QED) is 0.828. The molecule has 0 bridgehead atoms. The molecular formula is C18H19FN2O2S2. The summed E-state index contributed by atoms with van der Waals surface area (Å²) in [7, 11) is -3.05. The Bertz CT molecular complexity index is 856. The largest absolute Gasteiger partial charge is 0.341 e. The average molecular weight is 378 g/mol. The summed E-state index contributed by atoms with van der Waals surface area (Å²) in [5.41, 5.74) is 1.30. The third-order valence-corrected chi connectivity index (χ3v) is 6.31. The van der Waals surface area contributed by atoms with Gasteiger partial charge in [0.1, 0.15) is 5.82 Å². The van der Waals surface area contributed by atoms with Gasteiger partial charge in [-0.05, 0) is 36.3 Å². The third kappa shape index (κ3) is 4.55. The molecule has 0 aromatic heterocycles. The van der Waals surface area contributed by atoms with Gasteiger partial charge in [0.15, 0.2) is 14.9 Å². The van der Waals surface area contributed by atoms with E-state index in [4.69, 9.17) is 12.2 Å². The second kappa shape index (κ2) is 7.49. The molecule has 0 spiro atoms. The van der Waals surface area contributed by atoms with Crippen molar-refractivity contribution in [2.24, 2.45) is 0 Å². The first-order chi connectivity index (χ1) is 11.9. The standard InChI is InChI=1S/C18H19FN2O2S2/c19-16-8-4-5-9-17(16)20-18(24)21(12-14-6-2-1-3-7-14)15-10-11-25(22,23)13-15/h1-9,15H,10-13H2,(H,20,24)/t15-/m0/s1. The second-order valence-corrected chi connectivity index (χ2v) is 8.70. The van der Waals surface area contributed by atoms with Crippen molar-refractivity contribution in [2.45, 2.75) is 19.0 Å². The van der Waals surface area contributed by atoms with Crippen molar-refractivity contribution < 1.29 is 12.8 Å². The molecule has 1 aliphatic rings. The fraction of sp³-hybridized carbons (Fsp3) is 0.278. The summed E-state index contributed by atoms with van der Waals surface area (Å²) in [5, 5.41) is 3.25. The van der Waals surface area contributed by atoms with Crippen molar-refractivity contribution in [3.8, 4) is 0 Å². The van der Waals surface area contributed by atoms with E-state index >= 15 is 0 Å². The van der Waals surface area contributed by atoms with Gasteiger partial charge in [-0.1, -0.05) is 42.5 Å². The fourth-order valence-corrected chi connectivity index (χ4v) is 4.97. The van der Waals surface area contributed by atoms with Crippen LogP contribution < -0.4 is 5.32 Å². The first-order valence-electron chi connectivity index (χ1n) is 8.01. The highest BCUT2D eigenvalue weighted by Crippen LogP contribution is 2.22. The maximum atomic E-state index is 13.9. The number of para-hydroxylation sites is 1. The fourth-order valence-electron chi connectivity index (χ4n) is 2.92. The van der Waals surface area contributed by atoms with Crippen LogP contribution in [0.4, 0.5) is 10.1 Å². The lowest BCUT2D eigenvalue weighted by atomic mass is 10.1. The summed E-state index contributed by atoms with van der Waals surface area (Å²) in [5.74, 6) is -0.173. The molecule has 0 aliphatic carbocycles. The first-order valence-corrected chi connectivity index (χ1v) is 10.2. The second-order valence-electron chi connectivity index (χ2n) is 6.08. The smallest absolute Gasteiger partial charge is 0.174 e. The van der Waals surface area contributed by atoms with E-state index in [1.807, 2.05) is 35.2 Å². The molecule has 1 aliphatic heterocycles. The number of benzene rings is 2. The number of nitrogens with one attached hydrogen (secondary N) is 1. The number of sulfone groups is 1. The van der Waals surface area contributed by atoms with Gasteiger partial charge in [-0.3, -0.25) is 0 Å². The monoisotopic (exact) mass is 378 g/mol. The summed E-state index contributed by atoms with van der Waals surface area (Å²) in [6, 6.07) is 15.8. The molecule has 4 nitrogen and oxygen atoms in total. The highest BCUT2D eigenvalue weighted by atomic mass is 32.2. The van der Waals surface area contributed by atoms with E-state index in [2.05, 4.69) is 5.32 Å². The van der Waals surface area contributed by atoms with Crippen LogP contribution in [0.25, 0.3) is 0 Å². The van der Waals surface area contributed by atoms with Crippen molar-refractivity contribution in [3.63, 3.8) is 0 Å². The Morgan fingerprint density at radius 1 is 1.16 bits per heavy atom. The molecule has 0 unspecified atom stereocenters. The third-order valence-electron chi connectivity index (χ3n) is 4.22. The predicted molar refractivity (Wildman–Crippen MR) is 102 cm³/mol. The minimum absolute atomic E-state index is 0.0684. The van der Waals surface area contributed by atoms with Crippen LogP contribution in [0.15, 0.2) is 54.6 Å². The molecule has 1 N–H and O–H groups in total. The van der Waals surface area contributed by atoms with Crippen LogP contribution in [0.3, 0.4) is 0 Å². The minimum atomic E-state index is -3.05. The Balaban J connectivity index is 1.82. The van der Waals surface area contributed by atoms with Gasteiger partial charge in [-0.2, -0.15) is 0 Å². The SMILES string of the molecule is O=S1(=O)CC[C@H](N(Cc2ccccc2)C(=S)Nc2ccccc2F)C1. The van der Waals surface area contributed by atoms with Gasteiger partial charge in [-0.15, -0.1) is 0 Å². The number of anilines is 1. The summed E-state index contributed by atoms with van der Waals surface area (Å²) in [6.45, 7) is 0.474. The van der Waals surface area contributed by atoms with Crippen molar-refractivity contribution in [1.82, 2.24) is 4.90 Å². The van der Waals surface area contributed by atoms with E-state index < -0.39 is 15.7 Å². The molecule has 0 saturated carbocycles. The van der Waals surface area contributed by atoms with E-state index in [1.54, 1.807) is 18.2 Å². The molecule has 132 valence electrons. The Hall–Kier alpha value is -1.99. The Morgan fingerprint density at radius 3 is 2.48 bits per heavy atom. The van der Waals surface area contributed by atoms with Crippen LogP contribution in [0, 0.1) is 5.82 Å². The Kier molecular flexibility index (Phi) is 5.34. The van der Waals surface area contributed by atoms with Crippen LogP contribution in [-0.2, 0) is 16.4 Å². The minimum Gasteiger partial charge on any atom is -0.341 e. The van der Waals surface area contributed by atoms with Crippen molar-refractivity contribution >= 4 is 32.9 Å². The van der Waals surface area contributed by atoms with Gasteiger partial charge in [0, 0.05) is 12.6 Å². The molecule has 25 heavy (non-hydrogen) atoms. The lowest BCUT2D eigenvalue weighted by molar-refractivity contribution is 0.332. The maximum Gasteiger partial charge on any atom is 0.174 e. The van der Waals surface area contributed by atoms with Crippen LogP contribution in [0.1, 0.15) is 12.0 Å². The van der Waals surface area contributed by atoms with E-state index in [-0.39, 0.29) is 23.2 Å². The van der Waals surface area contributed by atoms with Crippen LogP contribution >= 0.6 is 12.2 Å². The molecule has 0 radical (unpaired) electrons. The van der Waals surface area contributed by atoms with Gasteiger partial charge in [0.2, 0.25) is 0 Å². The van der Waals surface area contributed by atoms with Crippen molar-refractivity contribution in [2.75, 3.05) is 16.8 Å². The van der Waals surface area contributed by atoms with Gasteiger partial charge >= 0.3 is 0 Å². The number of hydrogen-bond donors (Lipinski definition) is 1. The Morgan fingerprint density at radius 2 is 1.84 bits per heavy atom. The first kappa shape index (κ1) is 17.8. The van der Waals surface area contributed by atoms with Crippen molar-refractivity contribution in [1.29, 1.82) is 0 Å². The molecule has 0 amide bonds. The predicted octanol–water partition coefficient (Wildman–Crippen LogP) is 3.21. The van der Waals surface area contributed by atoms with E-state index in [0.717, 1.165) is 5.56 Å². The number of thiocarbonyl (C=S) groups is 1. The van der Waals surface area contributed by atoms with E-state index in [0.29, 0.717) is 18.1 Å². The van der Waals surface area contributed by atoms with E-state index in [1.165, 1.54) is 6.07 Å². The molecule has 3 rings (SSSR count). The average Bonchev–Trinajstić information content (AvgIpc) is 2.95. The highest BCUT2D eigenvalue weighted by molar-refractivity contribution is 7.91. The number of hydrogen-bond acceptors (Lipinski definition) is 3. The molecule has 1 heterocycles. The molecular weight excluding hydrogens is 359 g/mol. The zero-order chi connectivity index (χ0) is 17.9. The van der Waals surface area contributed by atoms with E-state index in [9.17, 15) is 12.8 Å². The van der Waals surface area contributed by atoms with Crippen LogP contribution in [0.2, 0.25) is 0 Å². The lowest BCUT2D eigenvalue weighted by Gasteiger charge is -2.31. The van der Waals surface area contributed by atoms with Gasteiger partial charge in [0.05, 0.1) is 17.2 Å². The lowest BCUT2D eigenvalue weighted by Crippen LogP contribution is -2.43. The zero-order valence-corrected chi connectivity index (χ0v) is 15.2. The molecule has 1 saturated heterocycles. The summed E-state index contributed by atoms with van der Waals surface area (Å²) in [6.07, 6.45) is 0.522. The van der Waals surface area contributed by atoms with Crippen LogP contribution in [-0.4, -0.2) is 36.0 Å². The number of rotatable bonds is 4. The molecule has 7 heteroatoms. The van der Waals surface area contributed by atoms with Crippen molar-refractivity contribution in [3.05, 3.63) is 66.0 Å². The number of nitrogens with zero attached hydrogens (tertiary/aromatic N) is 1. The topological polar surface area (TPSA) is 49.4 Å². The molecule has 2 aromatic rings. The molecule has 1 atom stereocenters. The summed E-state index contributed by atoms with van der Waals surface area (Å²) in [4.78, 5) is 1.85. The zero-order valence-electron chi connectivity index (χ0n) is 13.6. The van der Waals surface area contributed by atoms with Crippen LogP contribution in [0.5, 0.6) is 0 Å². The summed E-state index contributed by atoms with van der Waals surface area (Å²) < 4.78 is 37.7. The Labute approximate surface area is 152 Å². The van der Waals surface area contributed by atoms with Gasteiger partial charge in [0.25, 0.3) is 0 Å². The van der Waals surface area contributed by atoms with Gasteiger partial charge < -0.3 is 10.2 Å². The molecule has 2 aromatic carbocycles. The number of halogens is 1. The summed E-state index contributed by atoms with van der Waals surface area (Å²) >= 11 is 5.48. The molecule has 1 fully saturated rings. The normalized spacial score (nSPS) is 18.7. The van der Waals surface area contributed by atoms with Gasteiger partial charge in [-0.25, -0.2) is 12.8 Å². The maximum absolute atomic E-state index is 13.9.